The van der Waals surface area contributed by atoms with Gasteiger partial charge in [0, 0.05) is 5.56 Å². The summed E-state index contributed by atoms with van der Waals surface area (Å²) in [6, 6.07) is 17.0. The predicted molar refractivity (Wildman–Crippen MR) is 119 cm³/mol. The number of nitrogens with one attached hydrogen (secondary N) is 1. The van der Waals surface area contributed by atoms with Crippen molar-refractivity contribution in [1.82, 2.24) is 10.1 Å². The number of nitrogens with zero attached hydrogens (tertiary/aromatic N) is 2. The van der Waals surface area contributed by atoms with Gasteiger partial charge < -0.3 is 14.4 Å². The molecular weight excluding hydrogens is 422 g/mol. The third-order valence-corrected chi connectivity index (χ3v) is 6.59. The zero-order chi connectivity index (χ0) is 22.8. The molecule has 0 atom stereocenters. The molecule has 2 saturated carbocycles. The molecule has 5 rings (SSSR count). The highest BCUT2D eigenvalue weighted by atomic mass is 16.5. The maximum absolute atomic E-state index is 12.6. The number of carbonyl (C=O) groups is 2. The first-order valence-electron chi connectivity index (χ1n) is 11.2. The second-order valence-corrected chi connectivity index (χ2v) is 8.78. The van der Waals surface area contributed by atoms with Crippen molar-refractivity contribution in [3.63, 3.8) is 0 Å². The first-order valence-corrected chi connectivity index (χ1v) is 11.2. The summed E-state index contributed by atoms with van der Waals surface area (Å²) in [5.41, 5.74) is 1.37. The number of rotatable bonds is 7. The lowest BCUT2D eigenvalue weighted by atomic mass is 9.87. The third kappa shape index (κ3) is 4.46. The molecule has 2 aliphatic carbocycles. The van der Waals surface area contributed by atoms with Crippen LogP contribution in [-0.2, 0) is 10.2 Å². The first kappa shape index (κ1) is 21.2. The van der Waals surface area contributed by atoms with E-state index in [9.17, 15) is 9.59 Å². The fraction of sp³-hybridized carbons (Fsp3) is 0.360. The van der Waals surface area contributed by atoms with Crippen molar-refractivity contribution in [2.45, 2.75) is 50.0 Å². The van der Waals surface area contributed by atoms with Gasteiger partial charge in [0.05, 0.1) is 17.4 Å². The summed E-state index contributed by atoms with van der Waals surface area (Å²) in [4.78, 5) is 28.1. The van der Waals surface area contributed by atoms with Crippen LogP contribution in [0.25, 0.3) is 0 Å². The highest BCUT2D eigenvalue weighted by molar-refractivity contribution is 6.03. The summed E-state index contributed by atoms with van der Waals surface area (Å²) in [6.07, 6.45) is 4.56. The normalized spacial score (nSPS) is 21.2. The molecule has 2 N–H and O–H groups in total. The molecular formula is C25H25N3O5. The second kappa shape index (κ2) is 8.69. The summed E-state index contributed by atoms with van der Waals surface area (Å²) in [6.45, 7) is 0. The van der Waals surface area contributed by atoms with Crippen LogP contribution in [0.2, 0.25) is 0 Å². The van der Waals surface area contributed by atoms with E-state index < -0.39 is 5.97 Å². The van der Waals surface area contributed by atoms with Gasteiger partial charge in [-0.05, 0) is 68.4 Å². The number of aliphatic carboxylic acids is 1. The van der Waals surface area contributed by atoms with Crippen molar-refractivity contribution < 1.29 is 24.0 Å². The Balaban J connectivity index is 1.18. The van der Waals surface area contributed by atoms with E-state index in [1.807, 2.05) is 18.2 Å². The molecule has 0 aliphatic heterocycles. The highest BCUT2D eigenvalue weighted by Gasteiger charge is 2.50. The smallest absolute Gasteiger partial charge is 0.328 e. The number of carbonyl (C=O) groups excluding carboxylic acids is 1. The lowest BCUT2D eigenvalue weighted by molar-refractivity contribution is -0.143. The number of ether oxygens (including phenoxy) is 1. The molecule has 170 valence electrons. The Morgan fingerprint density at radius 1 is 1.00 bits per heavy atom. The van der Waals surface area contributed by atoms with E-state index in [0.29, 0.717) is 42.8 Å². The van der Waals surface area contributed by atoms with Crippen molar-refractivity contribution in [3.8, 4) is 5.75 Å². The van der Waals surface area contributed by atoms with E-state index in [0.717, 1.165) is 18.4 Å². The molecule has 1 aromatic heterocycles. The van der Waals surface area contributed by atoms with Crippen LogP contribution in [0.5, 0.6) is 5.75 Å². The zero-order valence-electron chi connectivity index (χ0n) is 18.1. The van der Waals surface area contributed by atoms with Crippen LogP contribution in [0.4, 0.5) is 6.01 Å². The maximum Gasteiger partial charge on any atom is 0.328 e. The van der Waals surface area contributed by atoms with Gasteiger partial charge in [-0.2, -0.15) is 4.98 Å². The van der Waals surface area contributed by atoms with Crippen LogP contribution in [0.1, 0.15) is 60.3 Å². The molecule has 3 aromatic rings. The van der Waals surface area contributed by atoms with Gasteiger partial charge in [0.2, 0.25) is 0 Å². The molecule has 1 amide bonds. The number of aromatic nitrogens is 2. The van der Waals surface area contributed by atoms with Gasteiger partial charge >= 0.3 is 12.0 Å². The van der Waals surface area contributed by atoms with Gasteiger partial charge in [-0.3, -0.25) is 14.9 Å². The Bertz CT molecular complexity index is 1130. The minimum Gasteiger partial charge on any atom is -0.490 e. The molecule has 8 heteroatoms. The number of carboxylic acid groups (broad SMARTS) is 1. The van der Waals surface area contributed by atoms with Gasteiger partial charge in [-0.15, -0.1) is 0 Å². The highest BCUT2D eigenvalue weighted by Crippen LogP contribution is 2.52. The van der Waals surface area contributed by atoms with Crippen LogP contribution >= 0.6 is 0 Å². The first-order chi connectivity index (χ1) is 16.0. The van der Waals surface area contributed by atoms with E-state index in [4.69, 9.17) is 14.4 Å². The van der Waals surface area contributed by atoms with Crippen LogP contribution < -0.4 is 10.1 Å². The monoisotopic (exact) mass is 447 g/mol. The Morgan fingerprint density at radius 3 is 2.33 bits per heavy atom. The topological polar surface area (TPSA) is 115 Å². The largest absolute Gasteiger partial charge is 0.490 e. The van der Waals surface area contributed by atoms with Crippen LogP contribution in [0, 0.1) is 5.92 Å². The number of hydrogen-bond donors (Lipinski definition) is 2. The number of benzene rings is 2. The molecule has 2 fully saturated rings. The minimum atomic E-state index is -0.732. The molecule has 33 heavy (non-hydrogen) atoms. The maximum atomic E-state index is 12.6. The molecule has 1 heterocycles. The lowest BCUT2D eigenvalue weighted by Crippen LogP contribution is -2.27. The van der Waals surface area contributed by atoms with Crippen LogP contribution in [-0.4, -0.2) is 33.2 Å². The Morgan fingerprint density at radius 2 is 1.70 bits per heavy atom. The van der Waals surface area contributed by atoms with Gasteiger partial charge in [0.25, 0.3) is 5.91 Å². The Kier molecular flexibility index (Phi) is 5.58. The number of anilines is 1. The number of carboxylic acids is 1. The summed E-state index contributed by atoms with van der Waals surface area (Å²) in [7, 11) is 0. The van der Waals surface area contributed by atoms with Crippen LogP contribution in [0.3, 0.4) is 0 Å². The van der Waals surface area contributed by atoms with Crippen molar-refractivity contribution in [3.05, 3.63) is 71.5 Å². The van der Waals surface area contributed by atoms with Crippen molar-refractivity contribution in [1.29, 1.82) is 0 Å². The Labute approximate surface area is 191 Å². The molecule has 0 unspecified atom stereocenters. The number of hydrogen-bond acceptors (Lipinski definition) is 6. The molecule has 2 aliphatic rings. The summed E-state index contributed by atoms with van der Waals surface area (Å²) in [5.74, 6) is -0.106. The SMILES string of the molecule is O=C(Nc1nc(C2(c3ccccc3)CC2)no1)c1ccc(O[C@H]2CC[C@@H](C(=O)O)CC2)cc1. The van der Waals surface area contributed by atoms with Crippen molar-refractivity contribution in [2.75, 3.05) is 5.32 Å². The number of amides is 1. The van der Waals surface area contributed by atoms with E-state index in [2.05, 4.69) is 27.6 Å². The summed E-state index contributed by atoms with van der Waals surface area (Å²) >= 11 is 0. The molecule has 0 bridgehead atoms. The predicted octanol–water partition coefficient (Wildman–Crippen LogP) is 4.42. The van der Waals surface area contributed by atoms with Crippen LogP contribution in [0.15, 0.2) is 59.1 Å². The fourth-order valence-electron chi connectivity index (χ4n) is 4.47. The van der Waals surface area contributed by atoms with Gasteiger partial charge in [0.1, 0.15) is 5.75 Å². The second-order valence-electron chi connectivity index (χ2n) is 8.78. The molecule has 2 aromatic carbocycles. The van der Waals surface area contributed by atoms with E-state index in [1.54, 1.807) is 24.3 Å². The minimum absolute atomic E-state index is 0.00329. The zero-order valence-corrected chi connectivity index (χ0v) is 18.1. The Hall–Kier alpha value is -3.68. The van der Waals surface area contributed by atoms with Gasteiger partial charge in [-0.25, -0.2) is 0 Å². The summed E-state index contributed by atoms with van der Waals surface area (Å²) in [5, 5.41) is 15.9. The molecule has 0 spiro atoms. The summed E-state index contributed by atoms with van der Waals surface area (Å²) < 4.78 is 11.3. The molecule has 0 radical (unpaired) electrons. The van der Waals surface area contributed by atoms with Crippen molar-refractivity contribution in [2.24, 2.45) is 5.92 Å². The van der Waals surface area contributed by atoms with E-state index in [-0.39, 0.29) is 29.4 Å². The average Bonchev–Trinajstić information content (AvgIpc) is 3.52. The average molecular weight is 447 g/mol. The molecule has 0 saturated heterocycles. The molecule has 8 nitrogen and oxygen atoms in total. The lowest BCUT2D eigenvalue weighted by Gasteiger charge is -2.26. The van der Waals surface area contributed by atoms with Gasteiger partial charge in [-0.1, -0.05) is 35.5 Å². The quantitative estimate of drug-likeness (QED) is 0.551. The van der Waals surface area contributed by atoms with Crippen molar-refractivity contribution >= 4 is 17.9 Å². The standard InChI is InChI=1S/C25H25N3O5/c29-21(16-6-10-19(11-7-16)32-20-12-8-17(9-13-20)22(30)31)26-24-27-23(28-33-24)25(14-15-25)18-4-2-1-3-5-18/h1-7,10-11,17,20H,8-9,12-15H2,(H,30,31)(H,26,27,28,29)/t17-,20+. The van der Waals surface area contributed by atoms with E-state index >= 15 is 0 Å². The third-order valence-electron chi connectivity index (χ3n) is 6.59. The fourth-order valence-corrected chi connectivity index (χ4v) is 4.47. The van der Waals surface area contributed by atoms with E-state index in [1.165, 1.54) is 0 Å². The van der Waals surface area contributed by atoms with Gasteiger partial charge in [0.15, 0.2) is 5.82 Å².